The fourth-order valence-corrected chi connectivity index (χ4v) is 1.91. The van der Waals surface area contributed by atoms with Gasteiger partial charge in [-0.3, -0.25) is 0 Å². The van der Waals surface area contributed by atoms with Gasteiger partial charge in [-0.05, 0) is 42.7 Å². The first kappa shape index (κ1) is 11.3. The van der Waals surface area contributed by atoms with Crippen LogP contribution in [0.15, 0.2) is 42.6 Å². The Morgan fingerprint density at radius 1 is 1.24 bits per heavy atom. The zero-order valence-electron chi connectivity index (χ0n) is 9.63. The van der Waals surface area contributed by atoms with Crippen molar-refractivity contribution in [1.82, 2.24) is 4.57 Å². The van der Waals surface area contributed by atoms with Crippen molar-refractivity contribution in [3.63, 3.8) is 0 Å². The molecule has 86 valence electrons. The Bertz CT molecular complexity index is 534. The molecule has 17 heavy (non-hydrogen) atoms. The standard InChI is InChI=1S/C14H15N3/c15-11-14-7-3-9-17(14)8-2-5-12-4-1-6-13(16)10-12/h1,3-4,6-7,9-10H,2,5,8,16H2. The molecule has 3 heteroatoms. The average molecular weight is 225 g/mol. The summed E-state index contributed by atoms with van der Waals surface area (Å²) in [6.45, 7) is 0.866. The highest BCUT2D eigenvalue weighted by Crippen LogP contribution is 2.10. The minimum Gasteiger partial charge on any atom is -0.399 e. The molecule has 0 unspecified atom stereocenters. The molecule has 2 rings (SSSR count). The molecule has 0 fully saturated rings. The van der Waals surface area contributed by atoms with Gasteiger partial charge >= 0.3 is 0 Å². The van der Waals surface area contributed by atoms with Crippen LogP contribution in [0.2, 0.25) is 0 Å². The van der Waals surface area contributed by atoms with Crippen molar-refractivity contribution in [2.24, 2.45) is 0 Å². The number of aryl methyl sites for hydroxylation is 2. The minimum atomic E-state index is 0.720. The van der Waals surface area contributed by atoms with Gasteiger partial charge in [-0.15, -0.1) is 0 Å². The van der Waals surface area contributed by atoms with E-state index in [1.165, 1.54) is 5.56 Å². The van der Waals surface area contributed by atoms with E-state index in [2.05, 4.69) is 12.1 Å². The molecule has 1 aromatic heterocycles. The predicted octanol–water partition coefficient (Wildman–Crippen LogP) is 2.57. The largest absolute Gasteiger partial charge is 0.399 e. The van der Waals surface area contributed by atoms with Gasteiger partial charge in [0.05, 0.1) is 0 Å². The van der Waals surface area contributed by atoms with Crippen LogP contribution in [0.3, 0.4) is 0 Å². The molecule has 2 N–H and O–H groups in total. The lowest BCUT2D eigenvalue weighted by Gasteiger charge is -2.05. The van der Waals surface area contributed by atoms with Gasteiger partial charge in [0, 0.05) is 18.4 Å². The van der Waals surface area contributed by atoms with E-state index in [0.29, 0.717) is 0 Å². The maximum atomic E-state index is 8.87. The lowest BCUT2D eigenvalue weighted by molar-refractivity contribution is 0.640. The molecule has 0 aliphatic carbocycles. The summed E-state index contributed by atoms with van der Waals surface area (Å²) in [6, 6.07) is 13.9. The normalized spacial score (nSPS) is 10.1. The van der Waals surface area contributed by atoms with Crippen molar-refractivity contribution in [3.8, 4) is 6.07 Å². The zero-order chi connectivity index (χ0) is 12.1. The summed E-state index contributed by atoms with van der Waals surface area (Å²) >= 11 is 0. The molecule has 0 atom stereocenters. The Hall–Kier alpha value is -2.21. The summed E-state index contributed by atoms with van der Waals surface area (Å²) in [4.78, 5) is 0. The highest BCUT2D eigenvalue weighted by molar-refractivity contribution is 5.40. The van der Waals surface area contributed by atoms with Gasteiger partial charge in [0.25, 0.3) is 0 Å². The first-order valence-electron chi connectivity index (χ1n) is 5.69. The van der Waals surface area contributed by atoms with Crippen LogP contribution in [-0.4, -0.2) is 4.57 Å². The molecule has 0 aliphatic heterocycles. The number of aromatic nitrogens is 1. The van der Waals surface area contributed by atoms with E-state index in [1.54, 1.807) is 0 Å². The van der Waals surface area contributed by atoms with Crippen molar-refractivity contribution in [3.05, 3.63) is 53.9 Å². The van der Waals surface area contributed by atoms with Crippen LogP contribution >= 0.6 is 0 Å². The lowest BCUT2D eigenvalue weighted by Crippen LogP contribution is -2.00. The second kappa shape index (κ2) is 5.22. The molecule has 0 saturated carbocycles. The Balaban J connectivity index is 1.90. The van der Waals surface area contributed by atoms with Crippen LogP contribution in [-0.2, 0) is 13.0 Å². The number of hydrogen-bond donors (Lipinski definition) is 1. The molecule has 1 heterocycles. The quantitative estimate of drug-likeness (QED) is 0.813. The Labute approximate surface area is 101 Å². The molecule has 0 amide bonds. The summed E-state index contributed by atoms with van der Waals surface area (Å²) in [5.41, 5.74) is 8.49. The van der Waals surface area contributed by atoms with Crippen molar-refractivity contribution in [1.29, 1.82) is 5.26 Å². The van der Waals surface area contributed by atoms with E-state index in [1.807, 2.05) is 41.1 Å². The highest BCUT2D eigenvalue weighted by Gasteiger charge is 1.99. The number of rotatable bonds is 4. The Morgan fingerprint density at radius 2 is 2.12 bits per heavy atom. The van der Waals surface area contributed by atoms with E-state index in [0.717, 1.165) is 30.8 Å². The van der Waals surface area contributed by atoms with Crippen LogP contribution in [0.4, 0.5) is 5.69 Å². The van der Waals surface area contributed by atoms with Gasteiger partial charge in [-0.25, -0.2) is 0 Å². The summed E-state index contributed by atoms with van der Waals surface area (Å²) in [5.74, 6) is 0. The summed E-state index contributed by atoms with van der Waals surface area (Å²) in [6.07, 6.45) is 3.93. The smallest absolute Gasteiger partial charge is 0.120 e. The third kappa shape index (κ3) is 2.88. The van der Waals surface area contributed by atoms with Gasteiger partial charge in [-0.2, -0.15) is 5.26 Å². The first-order chi connectivity index (χ1) is 8.29. The molecule has 0 aliphatic rings. The lowest BCUT2D eigenvalue weighted by atomic mass is 10.1. The summed E-state index contributed by atoms with van der Waals surface area (Å²) < 4.78 is 1.98. The van der Waals surface area contributed by atoms with Crippen LogP contribution in [0, 0.1) is 11.3 Å². The number of nitrogens with two attached hydrogens (primary N) is 1. The fraction of sp³-hybridized carbons (Fsp3) is 0.214. The van der Waals surface area contributed by atoms with Crippen LogP contribution in [0.1, 0.15) is 17.7 Å². The van der Waals surface area contributed by atoms with E-state index in [9.17, 15) is 0 Å². The predicted molar refractivity (Wildman–Crippen MR) is 68.3 cm³/mol. The van der Waals surface area contributed by atoms with Gasteiger partial charge in [0.1, 0.15) is 11.8 Å². The monoisotopic (exact) mass is 225 g/mol. The number of benzene rings is 1. The maximum Gasteiger partial charge on any atom is 0.120 e. The molecule has 2 aromatic rings. The van der Waals surface area contributed by atoms with E-state index < -0.39 is 0 Å². The van der Waals surface area contributed by atoms with Crippen LogP contribution in [0.25, 0.3) is 0 Å². The van der Waals surface area contributed by atoms with Crippen molar-refractivity contribution < 1.29 is 0 Å². The number of nitrogen functional groups attached to an aromatic ring is 1. The van der Waals surface area contributed by atoms with Gasteiger partial charge in [0.15, 0.2) is 0 Å². The summed E-state index contributed by atoms with van der Waals surface area (Å²) in [5, 5.41) is 8.87. The number of nitriles is 1. The fourth-order valence-electron chi connectivity index (χ4n) is 1.91. The van der Waals surface area contributed by atoms with Gasteiger partial charge in [-0.1, -0.05) is 12.1 Å². The van der Waals surface area contributed by atoms with E-state index >= 15 is 0 Å². The zero-order valence-corrected chi connectivity index (χ0v) is 9.63. The SMILES string of the molecule is N#Cc1cccn1CCCc1cccc(N)c1. The Kier molecular flexibility index (Phi) is 3.46. The third-order valence-electron chi connectivity index (χ3n) is 2.76. The third-order valence-corrected chi connectivity index (χ3v) is 2.76. The van der Waals surface area contributed by atoms with Crippen LogP contribution in [0.5, 0.6) is 0 Å². The second-order valence-electron chi connectivity index (χ2n) is 4.05. The van der Waals surface area contributed by atoms with Crippen molar-refractivity contribution >= 4 is 5.69 Å². The first-order valence-corrected chi connectivity index (χ1v) is 5.69. The van der Waals surface area contributed by atoms with Crippen molar-refractivity contribution in [2.45, 2.75) is 19.4 Å². The van der Waals surface area contributed by atoms with Crippen molar-refractivity contribution in [2.75, 3.05) is 5.73 Å². The highest BCUT2D eigenvalue weighted by atomic mass is 15.0. The number of nitrogens with zero attached hydrogens (tertiary/aromatic N) is 2. The minimum absolute atomic E-state index is 0.720. The number of anilines is 1. The summed E-state index contributed by atoms with van der Waals surface area (Å²) in [7, 11) is 0. The molecule has 3 nitrogen and oxygen atoms in total. The van der Waals surface area contributed by atoms with Gasteiger partial charge in [0.2, 0.25) is 0 Å². The Morgan fingerprint density at radius 3 is 2.88 bits per heavy atom. The maximum absolute atomic E-state index is 8.87. The molecule has 0 radical (unpaired) electrons. The van der Waals surface area contributed by atoms with Gasteiger partial charge < -0.3 is 10.3 Å². The molecule has 1 aromatic carbocycles. The second-order valence-corrected chi connectivity index (χ2v) is 4.05. The molecule has 0 saturated heterocycles. The molecule has 0 spiro atoms. The van der Waals surface area contributed by atoms with Crippen LogP contribution < -0.4 is 5.73 Å². The number of hydrogen-bond acceptors (Lipinski definition) is 2. The average Bonchev–Trinajstić information content (AvgIpc) is 2.77. The molecular weight excluding hydrogens is 210 g/mol. The van der Waals surface area contributed by atoms with E-state index in [-0.39, 0.29) is 0 Å². The molecular formula is C14H15N3. The topological polar surface area (TPSA) is 54.7 Å². The molecule has 0 bridgehead atoms. The van der Waals surface area contributed by atoms with E-state index in [4.69, 9.17) is 11.0 Å².